The lowest BCUT2D eigenvalue weighted by Crippen LogP contribution is -2.27. The molecule has 0 bridgehead atoms. The average Bonchev–Trinajstić information content (AvgIpc) is 2.85. The normalized spacial score (nSPS) is 17.7. The van der Waals surface area contributed by atoms with Crippen LogP contribution in [0.5, 0.6) is 11.5 Å². The second-order valence-corrected chi connectivity index (χ2v) is 7.94. The molecule has 0 aliphatic heterocycles. The van der Waals surface area contributed by atoms with Crippen molar-refractivity contribution >= 4 is 17.7 Å². The number of aromatic nitrogens is 2. The highest BCUT2D eigenvalue weighted by Gasteiger charge is 2.26. The molecule has 0 saturated heterocycles. The lowest BCUT2D eigenvalue weighted by molar-refractivity contribution is -0.143. The zero-order valence-corrected chi connectivity index (χ0v) is 18.2. The Morgan fingerprint density at radius 2 is 1.55 bits per heavy atom. The number of carboxylic acids is 1. The number of anilines is 1. The van der Waals surface area contributed by atoms with Crippen LogP contribution in [0.3, 0.4) is 0 Å². The van der Waals surface area contributed by atoms with Crippen molar-refractivity contribution in [1.29, 1.82) is 0 Å². The SMILES string of the molecule is COc1ccc(-c2ccc(NC(=O)c3ccc(O[C@H]4CC[C@@H](C(=O)O)CC4)cc3)nn2)cc1. The van der Waals surface area contributed by atoms with E-state index < -0.39 is 5.97 Å². The van der Waals surface area contributed by atoms with Gasteiger partial charge in [-0.3, -0.25) is 9.59 Å². The third-order valence-corrected chi connectivity index (χ3v) is 5.73. The Labute approximate surface area is 191 Å². The van der Waals surface area contributed by atoms with E-state index in [1.54, 1.807) is 43.5 Å². The van der Waals surface area contributed by atoms with Crippen molar-refractivity contribution in [3.05, 3.63) is 66.2 Å². The molecule has 2 N–H and O–H groups in total. The van der Waals surface area contributed by atoms with Crippen molar-refractivity contribution in [2.75, 3.05) is 12.4 Å². The summed E-state index contributed by atoms with van der Waals surface area (Å²) < 4.78 is 11.1. The molecular weight excluding hydrogens is 422 g/mol. The van der Waals surface area contributed by atoms with Crippen molar-refractivity contribution in [1.82, 2.24) is 10.2 Å². The first kappa shape index (κ1) is 22.3. The second-order valence-electron chi connectivity index (χ2n) is 7.94. The summed E-state index contributed by atoms with van der Waals surface area (Å²) in [6.07, 6.45) is 2.67. The highest BCUT2D eigenvalue weighted by atomic mass is 16.5. The molecule has 1 aliphatic rings. The smallest absolute Gasteiger partial charge is 0.306 e. The number of carboxylic acid groups (broad SMARTS) is 1. The molecule has 1 saturated carbocycles. The van der Waals surface area contributed by atoms with E-state index in [9.17, 15) is 9.59 Å². The fraction of sp³-hybridized carbons (Fsp3) is 0.280. The molecule has 0 unspecified atom stereocenters. The van der Waals surface area contributed by atoms with E-state index in [2.05, 4.69) is 15.5 Å². The van der Waals surface area contributed by atoms with Gasteiger partial charge in [-0.2, -0.15) is 0 Å². The number of hydrogen-bond acceptors (Lipinski definition) is 6. The molecule has 1 aromatic heterocycles. The highest BCUT2D eigenvalue weighted by Crippen LogP contribution is 2.28. The number of carbonyl (C=O) groups is 2. The number of ether oxygens (including phenoxy) is 2. The Morgan fingerprint density at radius 3 is 2.12 bits per heavy atom. The summed E-state index contributed by atoms with van der Waals surface area (Å²) in [5, 5.41) is 20.1. The topological polar surface area (TPSA) is 111 Å². The number of carbonyl (C=O) groups excluding carboxylic acids is 1. The number of methoxy groups -OCH3 is 1. The molecule has 2 aromatic carbocycles. The lowest BCUT2D eigenvalue weighted by atomic mass is 9.87. The van der Waals surface area contributed by atoms with Crippen LogP contribution in [0, 0.1) is 5.92 Å². The zero-order chi connectivity index (χ0) is 23.2. The minimum absolute atomic E-state index is 0.000216. The number of nitrogens with one attached hydrogen (secondary N) is 1. The molecule has 4 rings (SSSR count). The van der Waals surface area contributed by atoms with Gasteiger partial charge in [0, 0.05) is 11.1 Å². The summed E-state index contributed by atoms with van der Waals surface area (Å²) in [7, 11) is 1.61. The van der Waals surface area contributed by atoms with Crippen LogP contribution in [0.15, 0.2) is 60.7 Å². The minimum atomic E-state index is -0.733. The fourth-order valence-corrected chi connectivity index (χ4v) is 3.81. The Morgan fingerprint density at radius 1 is 0.879 bits per heavy atom. The van der Waals surface area contributed by atoms with Crippen molar-refractivity contribution in [3.8, 4) is 22.8 Å². The van der Waals surface area contributed by atoms with Crippen LogP contribution < -0.4 is 14.8 Å². The summed E-state index contributed by atoms with van der Waals surface area (Å²) in [5.41, 5.74) is 2.06. The second kappa shape index (κ2) is 10.1. The summed E-state index contributed by atoms with van der Waals surface area (Å²) in [6.45, 7) is 0. The van der Waals surface area contributed by atoms with Crippen LogP contribution in [-0.2, 0) is 4.79 Å². The van der Waals surface area contributed by atoms with Crippen LogP contribution in [0.25, 0.3) is 11.3 Å². The summed E-state index contributed by atoms with van der Waals surface area (Å²) in [5.74, 6) is 0.475. The van der Waals surface area contributed by atoms with Gasteiger partial charge >= 0.3 is 5.97 Å². The molecule has 33 heavy (non-hydrogen) atoms. The van der Waals surface area contributed by atoms with Crippen molar-refractivity contribution < 1.29 is 24.2 Å². The van der Waals surface area contributed by atoms with Crippen molar-refractivity contribution in [2.45, 2.75) is 31.8 Å². The van der Waals surface area contributed by atoms with Crippen LogP contribution in [0.1, 0.15) is 36.0 Å². The molecule has 3 aromatic rings. The maximum Gasteiger partial charge on any atom is 0.306 e. The molecular formula is C25H25N3O5. The Kier molecular flexibility index (Phi) is 6.83. The number of aliphatic carboxylic acids is 1. The first-order valence-electron chi connectivity index (χ1n) is 10.8. The molecule has 0 spiro atoms. The Hall–Kier alpha value is -3.94. The third kappa shape index (κ3) is 5.65. The van der Waals surface area contributed by atoms with E-state index in [1.807, 2.05) is 24.3 Å². The molecule has 0 radical (unpaired) electrons. The van der Waals surface area contributed by atoms with E-state index in [4.69, 9.17) is 14.6 Å². The molecule has 1 fully saturated rings. The standard InChI is InChI=1S/C25H25N3O5/c1-32-19-8-2-16(3-9-19)22-14-15-23(28-27-22)26-24(29)17-4-10-20(11-5-17)33-21-12-6-18(7-13-21)25(30)31/h2-5,8-11,14-15,18,21H,6-7,12-13H2,1H3,(H,30,31)(H,26,28,29)/t18-,21+. The maximum absolute atomic E-state index is 12.6. The molecule has 1 amide bonds. The largest absolute Gasteiger partial charge is 0.497 e. The zero-order valence-electron chi connectivity index (χ0n) is 18.2. The van der Waals surface area contributed by atoms with Gasteiger partial charge in [0.1, 0.15) is 11.5 Å². The van der Waals surface area contributed by atoms with Gasteiger partial charge in [-0.25, -0.2) is 0 Å². The summed E-state index contributed by atoms with van der Waals surface area (Å²) >= 11 is 0. The lowest BCUT2D eigenvalue weighted by Gasteiger charge is -2.26. The predicted octanol–water partition coefficient (Wildman–Crippen LogP) is 4.43. The number of nitrogens with zero attached hydrogens (tertiary/aromatic N) is 2. The third-order valence-electron chi connectivity index (χ3n) is 5.73. The molecule has 170 valence electrons. The van der Waals surface area contributed by atoms with Crippen LogP contribution in [0.2, 0.25) is 0 Å². The van der Waals surface area contributed by atoms with Gasteiger partial charge in [0.05, 0.1) is 24.8 Å². The minimum Gasteiger partial charge on any atom is -0.497 e. The number of benzene rings is 2. The van der Waals surface area contributed by atoms with Crippen molar-refractivity contribution in [2.24, 2.45) is 5.92 Å². The van der Waals surface area contributed by atoms with Gasteiger partial charge in [0.2, 0.25) is 0 Å². The summed E-state index contributed by atoms with van der Waals surface area (Å²) in [4.78, 5) is 23.6. The van der Waals surface area contributed by atoms with Crippen molar-refractivity contribution in [3.63, 3.8) is 0 Å². The van der Waals surface area contributed by atoms with Gasteiger partial charge in [0.15, 0.2) is 5.82 Å². The van der Waals surface area contributed by atoms with Gasteiger partial charge < -0.3 is 19.9 Å². The Bertz CT molecular complexity index is 1090. The first-order valence-corrected chi connectivity index (χ1v) is 10.8. The highest BCUT2D eigenvalue weighted by molar-refractivity contribution is 6.03. The van der Waals surface area contributed by atoms with Gasteiger partial charge in [-0.05, 0) is 86.3 Å². The quantitative estimate of drug-likeness (QED) is 0.551. The molecule has 8 nitrogen and oxygen atoms in total. The maximum atomic E-state index is 12.6. The fourth-order valence-electron chi connectivity index (χ4n) is 3.81. The van der Waals surface area contributed by atoms with E-state index in [0.29, 0.717) is 48.5 Å². The number of amides is 1. The van der Waals surface area contributed by atoms with Gasteiger partial charge in [-0.15, -0.1) is 10.2 Å². The average molecular weight is 447 g/mol. The molecule has 1 aliphatic carbocycles. The van der Waals surface area contributed by atoms with Gasteiger partial charge in [-0.1, -0.05) is 0 Å². The first-order chi connectivity index (χ1) is 16.0. The summed E-state index contributed by atoms with van der Waals surface area (Å²) in [6, 6.07) is 17.8. The van der Waals surface area contributed by atoms with Gasteiger partial charge in [0.25, 0.3) is 5.91 Å². The van der Waals surface area contributed by atoms with Crippen LogP contribution in [-0.4, -0.2) is 40.4 Å². The predicted molar refractivity (Wildman–Crippen MR) is 122 cm³/mol. The van der Waals surface area contributed by atoms with Crippen LogP contribution in [0.4, 0.5) is 5.82 Å². The molecule has 0 atom stereocenters. The van der Waals surface area contributed by atoms with Crippen LogP contribution >= 0.6 is 0 Å². The molecule has 1 heterocycles. The van der Waals surface area contributed by atoms with E-state index >= 15 is 0 Å². The monoisotopic (exact) mass is 447 g/mol. The Balaban J connectivity index is 1.31. The number of hydrogen-bond donors (Lipinski definition) is 2. The van der Waals surface area contributed by atoms with E-state index in [1.165, 1.54) is 0 Å². The van der Waals surface area contributed by atoms with E-state index in [0.717, 1.165) is 11.3 Å². The van der Waals surface area contributed by atoms with E-state index in [-0.39, 0.29) is 17.9 Å². The molecule has 8 heteroatoms. The number of rotatable bonds is 7.